The maximum atomic E-state index is 9.94. The average molecular weight is 205 g/mol. The first kappa shape index (κ1) is 12.5. The Morgan fingerprint density at radius 3 is 2.15 bits per heavy atom. The van der Waals surface area contributed by atoms with E-state index in [1.54, 1.807) is 0 Å². The number of hydrogen-bond donors (Lipinski definition) is 0. The molecule has 0 aromatic heterocycles. The summed E-state index contributed by atoms with van der Waals surface area (Å²) in [4.78, 5) is 13.4. The minimum absolute atomic E-state index is 0.134. The van der Waals surface area contributed by atoms with Crippen molar-refractivity contribution in [2.45, 2.75) is 13.8 Å². The van der Waals surface area contributed by atoms with Gasteiger partial charge in [-0.1, -0.05) is 0 Å². The minimum atomic E-state index is -2.72. The summed E-state index contributed by atoms with van der Waals surface area (Å²) in [6.07, 6.45) is 1.58. The van der Waals surface area contributed by atoms with Gasteiger partial charge in [-0.15, -0.1) is 0 Å². The van der Waals surface area contributed by atoms with Gasteiger partial charge >= 0.3 is 8.80 Å². The largest absolute Gasteiger partial charge is 0.524 e. The van der Waals surface area contributed by atoms with E-state index >= 15 is 0 Å². The van der Waals surface area contributed by atoms with E-state index in [-0.39, 0.29) is 6.17 Å². The highest BCUT2D eigenvalue weighted by molar-refractivity contribution is 6.61. The third-order valence-electron chi connectivity index (χ3n) is 1.38. The molecule has 76 valence electrons. The molecular weight excluding hydrogens is 190 g/mol. The van der Waals surface area contributed by atoms with E-state index in [9.17, 15) is 4.79 Å². The Morgan fingerprint density at radius 1 is 1.31 bits per heavy atom. The lowest BCUT2D eigenvalue weighted by atomic mass is 10.9. The van der Waals surface area contributed by atoms with E-state index in [0.717, 1.165) is 0 Å². The monoisotopic (exact) mass is 205 g/mol. The van der Waals surface area contributed by atoms with Crippen molar-refractivity contribution in [1.29, 1.82) is 0 Å². The molecule has 13 heavy (non-hydrogen) atoms. The normalized spacial score (nSPS) is 11.0. The number of isocyanates is 1. The topological polar surface area (TPSA) is 57.1 Å². The van der Waals surface area contributed by atoms with Crippen LogP contribution >= 0.6 is 0 Å². The lowest BCUT2D eigenvalue weighted by molar-refractivity contribution is 0.0883. The fourth-order valence-electron chi connectivity index (χ4n) is 0.884. The molecule has 0 atom stereocenters. The molecule has 0 bridgehead atoms. The molecule has 0 spiro atoms. The first-order valence-electron chi connectivity index (χ1n) is 4.11. The summed E-state index contributed by atoms with van der Waals surface area (Å²) in [6.45, 7) is 4.64. The van der Waals surface area contributed by atoms with Gasteiger partial charge in [0.15, 0.2) is 0 Å². The smallest absolute Gasteiger partial charge is 0.376 e. The van der Waals surface area contributed by atoms with Gasteiger partial charge in [0.05, 0.1) is 0 Å². The van der Waals surface area contributed by atoms with Crippen molar-refractivity contribution < 1.29 is 18.1 Å². The van der Waals surface area contributed by atoms with Gasteiger partial charge in [0.2, 0.25) is 6.08 Å². The summed E-state index contributed by atoms with van der Waals surface area (Å²) in [5.41, 5.74) is 0. The quantitative estimate of drug-likeness (QED) is 0.345. The summed E-state index contributed by atoms with van der Waals surface area (Å²) in [5.74, 6) is 0. The SMILES string of the molecule is CCO[Si](CN=C=O)(OC)OCC. The highest BCUT2D eigenvalue weighted by Gasteiger charge is 2.39. The Hall–Kier alpha value is -0.523. The van der Waals surface area contributed by atoms with Crippen LogP contribution in [0.3, 0.4) is 0 Å². The maximum Gasteiger partial charge on any atom is 0.524 e. The van der Waals surface area contributed by atoms with Crippen LogP contribution in [-0.2, 0) is 18.1 Å². The van der Waals surface area contributed by atoms with Crippen molar-refractivity contribution in [3.63, 3.8) is 0 Å². The Bertz CT molecular complexity index is 175. The Morgan fingerprint density at radius 2 is 1.85 bits per heavy atom. The molecular formula is C7H15NO4Si. The Balaban J connectivity index is 4.32. The molecule has 0 aromatic rings. The predicted molar refractivity (Wildman–Crippen MR) is 49.0 cm³/mol. The number of hydrogen-bond acceptors (Lipinski definition) is 5. The summed E-state index contributed by atoms with van der Waals surface area (Å²) < 4.78 is 15.8. The molecule has 0 fully saturated rings. The zero-order valence-corrected chi connectivity index (χ0v) is 9.20. The van der Waals surface area contributed by atoms with Crippen LogP contribution < -0.4 is 0 Å². The van der Waals surface area contributed by atoms with Gasteiger partial charge in [-0.25, -0.2) is 9.79 Å². The average Bonchev–Trinajstić information content (AvgIpc) is 2.15. The second-order valence-corrected chi connectivity index (χ2v) is 4.83. The molecule has 0 aliphatic carbocycles. The zero-order chi connectivity index (χ0) is 10.2. The van der Waals surface area contributed by atoms with Crippen LogP contribution in [0.25, 0.3) is 0 Å². The van der Waals surface area contributed by atoms with Crippen molar-refractivity contribution in [2.24, 2.45) is 4.99 Å². The molecule has 6 heteroatoms. The van der Waals surface area contributed by atoms with Gasteiger partial charge < -0.3 is 13.3 Å². The summed E-state index contributed by atoms with van der Waals surface area (Å²) in [7, 11) is -1.22. The van der Waals surface area contributed by atoms with Gasteiger partial charge in [-0.3, -0.25) is 0 Å². The van der Waals surface area contributed by atoms with Crippen molar-refractivity contribution >= 4 is 14.9 Å². The number of aliphatic imine (C=N–C) groups is 1. The van der Waals surface area contributed by atoms with Crippen molar-refractivity contribution in [3.05, 3.63) is 0 Å². The van der Waals surface area contributed by atoms with Gasteiger partial charge in [0.25, 0.3) is 0 Å². The molecule has 0 amide bonds. The molecule has 0 N–H and O–H groups in total. The van der Waals surface area contributed by atoms with E-state index in [1.165, 1.54) is 13.2 Å². The molecule has 0 unspecified atom stereocenters. The van der Waals surface area contributed by atoms with Crippen molar-refractivity contribution in [1.82, 2.24) is 0 Å². The van der Waals surface area contributed by atoms with Gasteiger partial charge in [-0.05, 0) is 13.8 Å². The fourth-order valence-corrected chi connectivity index (χ4v) is 2.65. The fraction of sp³-hybridized carbons (Fsp3) is 0.857. The first-order chi connectivity index (χ1) is 6.24. The molecule has 0 radical (unpaired) electrons. The molecule has 0 rings (SSSR count). The number of rotatable bonds is 7. The van der Waals surface area contributed by atoms with E-state index < -0.39 is 8.80 Å². The molecule has 0 saturated carbocycles. The summed E-state index contributed by atoms with van der Waals surface area (Å²) in [6, 6.07) is 0. The molecule has 0 aliphatic heterocycles. The van der Waals surface area contributed by atoms with Crippen LogP contribution in [0, 0.1) is 0 Å². The summed E-state index contributed by atoms with van der Waals surface area (Å²) >= 11 is 0. The first-order valence-corrected chi connectivity index (χ1v) is 6.04. The van der Waals surface area contributed by atoms with E-state index in [4.69, 9.17) is 13.3 Å². The lowest BCUT2D eigenvalue weighted by Gasteiger charge is -2.24. The van der Waals surface area contributed by atoms with E-state index in [0.29, 0.717) is 13.2 Å². The third kappa shape index (κ3) is 4.30. The van der Waals surface area contributed by atoms with Crippen molar-refractivity contribution in [3.8, 4) is 0 Å². The second kappa shape index (κ2) is 6.94. The highest BCUT2D eigenvalue weighted by atomic mass is 28.4. The van der Waals surface area contributed by atoms with Crippen LogP contribution in [0.2, 0.25) is 0 Å². The van der Waals surface area contributed by atoms with Gasteiger partial charge in [0, 0.05) is 20.3 Å². The van der Waals surface area contributed by atoms with E-state index in [2.05, 4.69) is 4.99 Å². The predicted octanol–water partition coefficient (Wildman–Crippen LogP) is 0.520. The lowest BCUT2D eigenvalue weighted by Crippen LogP contribution is -2.48. The second-order valence-electron chi connectivity index (χ2n) is 2.16. The number of nitrogens with zero attached hydrogens (tertiary/aromatic N) is 1. The molecule has 0 heterocycles. The van der Waals surface area contributed by atoms with Gasteiger partial charge in [0.1, 0.15) is 6.17 Å². The highest BCUT2D eigenvalue weighted by Crippen LogP contribution is 2.08. The summed E-state index contributed by atoms with van der Waals surface area (Å²) in [5, 5.41) is 0. The van der Waals surface area contributed by atoms with E-state index in [1.807, 2.05) is 13.8 Å². The molecule has 5 nitrogen and oxygen atoms in total. The third-order valence-corrected chi connectivity index (χ3v) is 4.00. The van der Waals surface area contributed by atoms with Gasteiger partial charge in [-0.2, -0.15) is 0 Å². The van der Waals surface area contributed by atoms with Crippen LogP contribution in [-0.4, -0.2) is 41.4 Å². The van der Waals surface area contributed by atoms with Crippen LogP contribution in [0.15, 0.2) is 4.99 Å². The zero-order valence-electron chi connectivity index (χ0n) is 8.20. The number of carbonyl (C=O) groups excluding carboxylic acids is 1. The molecule has 0 aromatic carbocycles. The van der Waals surface area contributed by atoms with Crippen molar-refractivity contribution in [2.75, 3.05) is 26.5 Å². The molecule has 0 aliphatic rings. The van der Waals surface area contributed by atoms with Crippen LogP contribution in [0.4, 0.5) is 0 Å². The molecule has 0 saturated heterocycles. The standard InChI is InChI=1S/C7H15NO4Si/c1-4-11-13(10-3,12-5-2)7-8-6-9/h4-5,7H2,1-3H3. The van der Waals surface area contributed by atoms with Crippen LogP contribution in [0.1, 0.15) is 13.8 Å². The Labute approximate surface area is 79.1 Å². The maximum absolute atomic E-state index is 9.94. The van der Waals surface area contributed by atoms with Crippen LogP contribution in [0.5, 0.6) is 0 Å². The minimum Gasteiger partial charge on any atom is -0.376 e. The Kier molecular flexibility index (Phi) is 6.66.